The molecule has 0 bridgehead atoms. The van der Waals surface area contributed by atoms with Gasteiger partial charge in [-0.15, -0.1) is 0 Å². The van der Waals surface area contributed by atoms with Crippen molar-refractivity contribution in [1.29, 1.82) is 0 Å². The van der Waals surface area contributed by atoms with Crippen molar-refractivity contribution in [3.8, 4) is 22.4 Å². The number of nitrogen functional groups attached to an aromatic ring is 1. The van der Waals surface area contributed by atoms with Crippen LogP contribution in [0.15, 0.2) is 97.2 Å². The molecule has 8 nitrogen and oxygen atoms in total. The smallest absolute Gasteiger partial charge is 0.306 e. The predicted molar refractivity (Wildman–Crippen MR) is 173 cm³/mol. The van der Waals surface area contributed by atoms with Crippen LogP contribution >= 0.6 is 0 Å². The van der Waals surface area contributed by atoms with E-state index < -0.39 is 5.97 Å². The molecule has 1 aliphatic heterocycles. The normalized spacial score (nSPS) is 17.3. The molecule has 44 heavy (non-hydrogen) atoms. The Morgan fingerprint density at radius 1 is 0.977 bits per heavy atom. The average Bonchev–Trinajstić information content (AvgIpc) is 3.43. The number of nitrogens with two attached hydrogens (primary N) is 1. The number of piperidine rings is 1. The molecule has 0 radical (unpaired) electrons. The average molecular weight is 583 g/mol. The second kappa shape index (κ2) is 11.5. The Bertz CT molecular complexity index is 1970. The standard InChI is InChI=1S/C36H34N6O2/c1-23-17-33-38-20-28-19-31(25-7-3-2-4-8-25)34(39-35(28)42(33)40-23)26-13-11-24(12-14-26)21-41-16-15-30(36(43)44)29(22-41)18-27-9-5-6-10-32(27)37/h2-14,17,19-20,29-30H,15-16,18,21-22,37H2,1H3,(H,43,44). The molecule has 3 N–H and O–H groups in total. The summed E-state index contributed by atoms with van der Waals surface area (Å²) < 4.78 is 1.82. The highest BCUT2D eigenvalue weighted by Crippen LogP contribution is 2.34. The van der Waals surface area contributed by atoms with Crippen LogP contribution in [-0.4, -0.2) is 48.6 Å². The monoisotopic (exact) mass is 582 g/mol. The topological polar surface area (TPSA) is 110 Å². The highest BCUT2D eigenvalue weighted by molar-refractivity contribution is 5.90. The highest BCUT2D eigenvalue weighted by atomic mass is 16.4. The highest BCUT2D eigenvalue weighted by Gasteiger charge is 2.34. The van der Waals surface area contributed by atoms with E-state index in [0.29, 0.717) is 19.4 Å². The molecule has 2 atom stereocenters. The molecule has 4 heterocycles. The van der Waals surface area contributed by atoms with E-state index in [1.807, 2.05) is 66.2 Å². The van der Waals surface area contributed by atoms with Crippen molar-refractivity contribution >= 4 is 28.3 Å². The molecule has 220 valence electrons. The Labute approximate surface area is 255 Å². The van der Waals surface area contributed by atoms with Gasteiger partial charge in [-0.05, 0) is 61.1 Å². The molecule has 3 aromatic carbocycles. The van der Waals surface area contributed by atoms with E-state index in [-0.39, 0.29) is 11.8 Å². The Balaban J connectivity index is 1.18. The number of aliphatic carboxylic acids is 1. The van der Waals surface area contributed by atoms with E-state index in [4.69, 9.17) is 10.7 Å². The maximum absolute atomic E-state index is 12.1. The Morgan fingerprint density at radius 2 is 1.75 bits per heavy atom. The molecule has 0 saturated carbocycles. The van der Waals surface area contributed by atoms with Gasteiger partial charge in [-0.1, -0.05) is 72.8 Å². The quantitative estimate of drug-likeness (QED) is 0.214. The van der Waals surface area contributed by atoms with Crippen molar-refractivity contribution in [3.63, 3.8) is 0 Å². The number of aromatic nitrogens is 4. The van der Waals surface area contributed by atoms with Gasteiger partial charge in [0.1, 0.15) is 0 Å². The van der Waals surface area contributed by atoms with Gasteiger partial charge in [0.15, 0.2) is 11.3 Å². The third kappa shape index (κ3) is 5.40. The molecule has 0 aliphatic carbocycles. The Morgan fingerprint density at radius 3 is 2.52 bits per heavy atom. The fourth-order valence-corrected chi connectivity index (χ4v) is 6.52. The van der Waals surface area contributed by atoms with Gasteiger partial charge in [0.25, 0.3) is 0 Å². The first kappa shape index (κ1) is 27.7. The number of nitrogens with zero attached hydrogens (tertiary/aromatic N) is 5. The van der Waals surface area contributed by atoms with Gasteiger partial charge < -0.3 is 10.8 Å². The summed E-state index contributed by atoms with van der Waals surface area (Å²) in [6.45, 7) is 4.17. The van der Waals surface area contributed by atoms with Gasteiger partial charge in [-0.2, -0.15) is 9.61 Å². The number of aryl methyl sites for hydroxylation is 1. The van der Waals surface area contributed by atoms with E-state index >= 15 is 0 Å². The third-order valence-corrected chi connectivity index (χ3v) is 8.77. The molecule has 1 saturated heterocycles. The summed E-state index contributed by atoms with van der Waals surface area (Å²) in [5.74, 6) is -1.09. The van der Waals surface area contributed by atoms with Crippen molar-refractivity contribution in [2.75, 3.05) is 18.8 Å². The lowest BCUT2D eigenvalue weighted by atomic mass is 9.81. The minimum absolute atomic E-state index is 0.00212. The summed E-state index contributed by atoms with van der Waals surface area (Å²) in [6, 6.07) is 30.8. The molecule has 2 unspecified atom stereocenters. The number of para-hydroxylation sites is 1. The van der Waals surface area contributed by atoms with E-state index in [0.717, 1.165) is 69.1 Å². The first-order chi connectivity index (χ1) is 21.4. The van der Waals surface area contributed by atoms with E-state index in [9.17, 15) is 9.90 Å². The van der Waals surface area contributed by atoms with Crippen LogP contribution in [0.3, 0.4) is 0 Å². The minimum Gasteiger partial charge on any atom is -0.481 e. The van der Waals surface area contributed by atoms with Crippen LogP contribution in [0.1, 0.15) is 23.2 Å². The summed E-state index contributed by atoms with van der Waals surface area (Å²) in [5.41, 5.74) is 15.6. The number of rotatable bonds is 7. The molecular weight excluding hydrogens is 548 g/mol. The lowest BCUT2D eigenvalue weighted by molar-refractivity contribution is -0.145. The number of benzene rings is 3. The lowest BCUT2D eigenvalue weighted by Gasteiger charge is -2.37. The zero-order valence-corrected chi connectivity index (χ0v) is 24.6. The zero-order chi connectivity index (χ0) is 30.2. The van der Waals surface area contributed by atoms with Crippen LogP contribution in [-0.2, 0) is 17.8 Å². The van der Waals surface area contributed by atoms with Gasteiger partial charge in [0.05, 0.1) is 17.3 Å². The van der Waals surface area contributed by atoms with Gasteiger partial charge in [-0.3, -0.25) is 9.69 Å². The number of carboxylic acid groups (broad SMARTS) is 1. The van der Waals surface area contributed by atoms with Crippen LogP contribution in [0.25, 0.3) is 39.1 Å². The maximum atomic E-state index is 12.1. The van der Waals surface area contributed by atoms with Crippen molar-refractivity contribution in [1.82, 2.24) is 24.5 Å². The summed E-state index contributed by atoms with van der Waals surface area (Å²) in [7, 11) is 0. The van der Waals surface area contributed by atoms with E-state index in [2.05, 4.69) is 57.4 Å². The predicted octanol–water partition coefficient (Wildman–Crippen LogP) is 6.27. The largest absolute Gasteiger partial charge is 0.481 e. The number of pyridine rings is 1. The molecule has 1 fully saturated rings. The second-order valence-corrected chi connectivity index (χ2v) is 11.8. The summed E-state index contributed by atoms with van der Waals surface area (Å²) in [6.07, 6.45) is 3.15. The number of carbonyl (C=O) groups is 1. The number of likely N-dealkylation sites (tertiary alicyclic amines) is 1. The molecule has 3 aromatic heterocycles. The molecular formula is C36H34N6O2. The molecule has 6 aromatic rings. The van der Waals surface area contributed by atoms with Crippen molar-refractivity contribution < 1.29 is 9.90 Å². The molecule has 1 aliphatic rings. The summed E-state index contributed by atoms with van der Waals surface area (Å²) in [5, 5.41) is 15.5. The Kier molecular flexibility index (Phi) is 7.28. The van der Waals surface area contributed by atoms with Crippen LogP contribution in [0, 0.1) is 18.8 Å². The zero-order valence-electron chi connectivity index (χ0n) is 24.6. The fourth-order valence-electron chi connectivity index (χ4n) is 6.52. The SMILES string of the molecule is Cc1cc2ncc3cc(-c4ccccc4)c(-c4ccc(CN5CCC(C(=O)O)C(Cc6ccccc6N)C5)cc4)nc3n2n1. The number of anilines is 1. The maximum Gasteiger partial charge on any atom is 0.306 e. The number of carboxylic acids is 1. The van der Waals surface area contributed by atoms with Crippen molar-refractivity contribution in [3.05, 3.63) is 114 Å². The van der Waals surface area contributed by atoms with E-state index in [1.165, 1.54) is 5.56 Å². The van der Waals surface area contributed by atoms with Gasteiger partial charge in [0, 0.05) is 47.6 Å². The van der Waals surface area contributed by atoms with Crippen LogP contribution in [0.2, 0.25) is 0 Å². The summed E-state index contributed by atoms with van der Waals surface area (Å²) in [4.78, 5) is 24.2. The van der Waals surface area contributed by atoms with Crippen molar-refractivity contribution in [2.45, 2.75) is 26.3 Å². The van der Waals surface area contributed by atoms with Gasteiger partial charge in [0.2, 0.25) is 0 Å². The lowest BCUT2D eigenvalue weighted by Crippen LogP contribution is -2.43. The first-order valence-electron chi connectivity index (χ1n) is 15.0. The van der Waals surface area contributed by atoms with Gasteiger partial charge in [-0.25, -0.2) is 9.97 Å². The van der Waals surface area contributed by atoms with Crippen LogP contribution in [0.5, 0.6) is 0 Å². The van der Waals surface area contributed by atoms with Crippen molar-refractivity contribution in [2.24, 2.45) is 11.8 Å². The first-order valence-corrected chi connectivity index (χ1v) is 15.0. The van der Waals surface area contributed by atoms with Crippen LogP contribution in [0.4, 0.5) is 5.69 Å². The van der Waals surface area contributed by atoms with Crippen LogP contribution < -0.4 is 5.73 Å². The summed E-state index contributed by atoms with van der Waals surface area (Å²) >= 11 is 0. The molecule has 0 amide bonds. The fraction of sp³-hybridized carbons (Fsp3) is 0.222. The number of fused-ring (bicyclic) bond motifs is 3. The number of hydrogen-bond donors (Lipinski definition) is 2. The Hall–Kier alpha value is -5.08. The number of hydrogen-bond acceptors (Lipinski definition) is 6. The van der Waals surface area contributed by atoms with Gasteiger partial charge >= 0.3 is 5.97 Å². The molecule has 7 rings (SSSR count). The minimum atomic E-state index is -0.719. The molecule has 0 spiro atoms. The molecule has 8 heteroatoms. The van der Waals surface area contributed by atoms with E-state index in [1.54, 1.807) is 0 Å². The third-order valence-electron chi connectivity index (χ3n) is 8.77. The second-order valence-electron chi connectivity index (χ2n) is 11.8.